The topological polar surface area (TPSA) is 29.3 Å². The highest BCUT2D eigenvalue weighted by molar-refractivity contribution is 5.55. The minimum absolute atomic E-state index is 0.212. The second kappa shape index (κ2) is 3.72. The summed E-state index contributed by atoms with van der Waals surface area (Å²) in [7, 11) is 0. The van der Waals surface area contributed by atoms with Crippen LogP contribution in [0.1, 0.15) is 20.3 Å². The van der Waals surface area contributed by atoms with E-state index < -0.39 is 0 Å². The van der Waals surface area contributed by atoms with Gasteiger partial charge in [-0.25, -0.2) is 4.39 Å². The Morgan fingerprint density at radius 1 is 1.40 bits per heavy atom. The van der Waals surface area contributed by atoms with E-state index in [-0.39, 0.29) is 5.82 Å². The summed E-state index contributed by atoms with van der Waals surface area (Å²) in [6, 6.07) is 5.34. The fourth-order valence-corrected chi connectivity index (χ4v) is 2.39. The molecule has 0 aromatic heterocycles. The van der Waals surface area contributed by atoms with Crippen LogP contribution < -0.4 is 10.6 Å². The van der Waals surface area contributed by atoms with E-state index in [2.05, 4.69) is 18.7 Å². The van der Waals surface area contributed by atoms with Crippen molar-refractivity contribution in [2.75, 3.05) is 17.2 Å². The first-order valence-electron chi connectivity index (χ1n) is 5.39. The van der Waals surface area contributed by atoms with Gasteiger partial charge in [0.05, 0.1) is 5.69 Å². The van der Waals surface area contributed by atoms with Crippen LogP contribution in [0.3, 0.4) is 0 Å². The summed E-state index contributed by atoms with van der Waals surface area (Å²) in [6.07, 6.45) is 1.13. The molecule has 1 aromatic rings. The van der Waals surface area contributed by atoms with E-state index in [0.29, 0.717) is 23.3 Å². The van der Waals surface area contributed by atoms with E-state index in [4.69, 9.17) is 5.73 Å². The van der Waals surface area contributed by atoms with Gasteiger partial charge in [0.15, 0.2) is 0 Å². The van der Waals surface area contributed by atoms with Gasteiger partial charge < -0.3 is 10.6 Å². The van der Waals surface area contributed by atoms with Crippen molar-refractivity contribution in [3.05, 3.63) is 24.0 Å². The summed E-state index contributed by atoms with van der Waals surface area (Å²) in [4.78, 5) is 2.12. The third kappa shape index (κ3) is 1.91. The Bertz CT molecular complexity index is 365. The van der Waals surface area contributed by atoms with Crippen molar-refractivity contribution in [2.24, 2.45) is 5.92 Å². The van der Waals surface area contributed by atoms with Crippen molar-refractivity contribution < 1.29 is 4.39 Å². The Labute approximate surface area is 89.9 Å². The Balaban J connectivity index is 2.29. The van der Waals surface area contributed by atoms with Crippen molar-refractivity contribution in [2.45, 2.75) is 26.3 Å². The fourth-order valence-electron chi connectivity index (χ4n) is 2.39. The minimum Gasteiger partial charge on any atom is -0.399 e. The molecule has 2 nitrogen and oxygen atoms in total. The van der Waals surface area contributed by atoms with Crippen molar-refractivity contribution in [3.63, 3.8) is 0 Å². The molecule has 1 heterocycles. The molecule has 0 radical (unpaired) electrons. The molecule has 1 aliphatic heterocycles. The van der Waals surface area contributed by atoms with Gasteiger partial charge in [0.2, 0.25) is 0 Å². The highest BCUT2D eigenvalue weighted by Gasteiger charge is 2.27. The summed E-state index contributed by atoms with van der Waals surface area (Å²) >= 11 is 0. The molecule has 0 spiro atoms. The maximum Gasteiger partial charge on any atom is 0.148 e. The van der Waals surface area contributed by atoms with E-state index in [1.165, 1.54) is 6.07 Å². The average Bonchev–Trinajstić information content (AvgIpc) is 2.45. The number of nitrogens with zero attached hydrogens (tertiary/aromatic N) is 1. The maximum atomic E-state index is 13.7. The molecular formula is C12H17FN2. The number of benzene rings is 1. The number of rotatable bonds is 1. The molecule has 2 rings (SSSR count). The van der Waals surface area contributed by atoms with Gasteiger partial charge in [0.1, 0.15) is 5.82 Å². The standard InChI is InChI=1S/C12H17FN2/c1-8-5-9(2)15(7-8)12-4-3-10(14)6-11(12)13/h3-4,6,8-9H,5,7,14H2,1-2H3. The molecule has 2 unspecified atom stereocenters. The van der Waals surface area contributed by atoms with Crippen LogP contribution >= 0.6 is 0 Å². The lowest BCUT2D eigenvalue weighted by Crippen LogP contribution is -2.27. The van der Waals surface area contributed by atoms with Gasteiger partial charge in [-0.15, -0.1) is 0 Å². The summed E-state index contributed by atoms with van der Waals surface area (Å²) in [5.74, 6) is 0.424. The van der Waals surface area contributed by atoms with E-state index >= 15 is 0 Å². The zero-order chi connectivity index (χ0) is 11.0. The molecule has 1 aliphatic rings. The van der Waals surface area contributed by atoms with Crippen LogP contribution in [0.4, 0.5) is 15.8 Å². The van der Waals surface area contributed by atoms with Crippen LogP contribution in [0.5, 0.6) is 0 Å². The third-order valence-electron chi connectivity index (χ3n) is 3.07. The number of nitrogen functional groups attached to an aromatic ring is 1. The molecular weight excluding hydrogens is 191 g/mol. The maximum absolute atomic E-state index is 13.7. The van der Waals surface area contributed by atoms with Gasteiger partial charge >= 0.3 is 0 Å². The molecule has 82 valence electrons. The average molecular weight is 208 g/mol. The first-order valence-corrected chi connectivity index (χ1v) is 5.39. The Hall–Kier alpha value is -1.25. The summed E-state index contributed by atoms with van der Waals surface area (Å²) < 4.78 is 13.7. The molecule has 1 saturated heterocycles. The Kier molecular flexibility index (Phi) is 2.55. The molecule has 3 heteroatoms. The predicted molar refractivity (Wildman–Crippen MR) is 61.4 cm³/mol. The van der Waals surface area contributed by atoms with Crippen molar-refractivity contribution >= 4 is 11.4 Å². The zero-order valence-electron chi connectivity index (χ0n) is 9.20. The van der Waals surface area contributed by atoms with Gasteiger partial charge in [-0.1, -0.05) is 6.92 Å². The highest BCUT2D eigenvalue weighted by atomic mass is 19.1. The summed E-state index contributed by atoms with van der Waals surface area (Å²) in [5, 5.41) is 0. The monoisotopic (exact) mass is 208 g/mol. The number of hydrogen-bond donors (Lipinski definition) is 1. The molecule has 2 N–H and O–H groups in total. The molecule has 0 bridgehead atoms. The van der Waals surface area contributed by atoms with Crippen LogP contribution in [0.15, 0.2) is 18.2 Å². The summed E-state index contributed by atoms with van der Waals surface area (Å²) in [6.45, 7) is 5.27. The number of hydrogen-bond acceptors (Lipinski definition) is 2. The van der Waals surface area contributed by atoms with Gasteiger partial charge in [-0.2, -0.15) is 0 Å². The van der Waals surface area contributed by atoms with Crippen molar-refractivity contribution in [3.8, 4) is 0 Å². The lowest BCUT2D eigenvalue weighted by Gasteiger charge is -2.24. The number of anilines is 2. The molecule has 0 amide bonds. The molecule has 15 heavy (non-hydrogen) atoms. The van der Waals surface area contributed by atoms with Crippen molar-refractivity contribution in [1.82, 2.24) is 0 Å². The molecule has 1 fully saturated rings. The Morgan fingerprint density at radius 3 is 2.67 bits per heavy atom. The first kappa shape index (κ1) is 10.3. The van der Waals surface area contributed by atoms with Crippen LogP contribution in [-0.4, -0.2) is 12.6 Å². The van der Waals surface area contributed by atoms with Crippen LogP contribution in [0.25, 0.3) is 0 Å². The SMILES string of the molecule is CC1CC(C)N(c2ccc(N)cc2F)C1. The first-order chi connectivity index (χ1) is 7.08. The minimum atomic E-state index is -0.212. The molecule has 1 aromatic carbocycles. The van der Waals surface area contributed by atoms with E-state index in [1.54, 1.807) is 12.1 Å². The van der Waals surface area contributed by atoms with Crippen LogP contribution in [0, 0.1) is 11.7 Å². The number of halogens is 1. The summed E-state index contributed by atoms with van der Waals surface area (Å²) in [5.41, 5.74) is 6.69. The quantitative estimate of drug-likeness (QED) is 0.719. The lowest BCUT2D eigenvalue weighted by molar-refractivity contribution is 0.613. The Morgan fingerprint density at radius 2 is 2.13 bits per heavy atom. The van der Waals surface area contributed by atoms with Crippen molar-refractivity contribution in [1.29, 1.82) is 0 Å². The van der Waals surface area contributed by atoms with Crippen LogP contribution in [0.2, 0.25) is 0 Å². The normalized spacial score (nSPS) is 25.9. The second-order valence-electron chi connectivity index (χ2n) is 4.55. The van der Waals surface area contributed by atoms with Crippen LogP contribution in [-0.2, 0) is 0 Å². The fraction of sp³-hybridized carbons (Fsp3) is 0.500. The van der Waals surface area contributed by atoms with Gasteiger partial charge in [-0.05, 0) is 37.5 Å². The molecule has 0 saturated carbocycles. The van der Waals surface area contributed by atoms with Gasteiger partial charge in [-0.3, -0.25) is 0 Å². The van der Waals surface area contributed by atoms with Gasteiger partial charge in [0, 0.05) is 18.3 Å². The van der Waals surface area contributed by atoms with E-state index in [0.717, 1.165) is 13.0 Å². The van der Waals surface area contributed by atoms with Gasteiger partial charge in [0.25, 0.3) is 0 Å². The third-order valence-corrected chi connectivity index (χ3v) is 3.07. The highest BCUT2D eigenvalue weighted by Crippen LogP contribution is 2.31. The second-order valence-corrected chi connectivity index (χ2v) is 4.55. The van der Waals surface area contributed by atoms with E-state index in [9.17, 15) is 4.39 Å². The smallest absolute Gasteiger partial charge is 0.148 e. The van der Waals surface area contributed by atoms with E-state index in [1.807, 2.05) is 0 Å². The largest absolute Gasteiger partial charge is 0.399 e. The molecule has 0 aliphatic carbocycles. The number of nitrogens with two attached hydrogens (primary N) is 1. The predicted octanol–water partition coefficient (Wildman–Crippen LogP) is 2.64. The lowest BCUT2D eigenvalue weighted by atomic mass is 10.1. The zero-order valence-corrected chi connectivity index (χ0v) is 9.20. The molecule has 2 atom stereocenters.